The third-order valence-corrected chi connectivity index (χ3v) is 5.95. The number of anilines is 1. The van der Waals surface area contributed by atoms with E-state index in [2.05, 4.69) is 20.7 Å². The summed E-state index contributed by atoms with van der Waals surface area (Å²) in [5, 5.41) is 11.0. The Balaban J connectivity index is 0.00000274. The van der Waals surface area contributed by atoms with E-state index < -0.39 is 23.2 Å². The Morgan fingerprint density at radius 3 is 2.56 bits per heavy atom. The molecule has 0 atom stereocenters. The molecule has 7 nitrogen and oxygen atoms in total. The zero-order valence-corrected chi connectivity index (χ0v) is 18.6. The molecule has 0 radical (unpaired) electrons. The number of halogens is 4. The van der Waals surface area contributed by atoms with Crippen LogP contribution in [0.5, 0.6) is 0 Å². The smallest absolute Gasteiger partial charge is 0.321 e. The lowest BCUT2D eigenvalue weighted by molar-refractivity contribution is -0.137. The van der Waals surface area contributed by atoms with E-state index in [4.69, 9.17) is 0 Å². The van der Waals surface area contributed by atoms with Crippen LogP contribution in [0.15, 0.2) is 53.3 Å². The molecule has 2 aromatic carbocycles. The van der Waals surface area contributed by atoms with Gasteiger partial charge in [0.05, 0.1) is 33.4 Å². The summed E-state index contributed by atoms with van der Waals surface area (Å²) in [4.78, 5) is 28.1. The highest BCUT2D eigenvalue weighted by Gasteiger charge is 2.35. The van der Waals surface area contributed by atoms with Crippen molar-refractivity contribution >= 4 is 40.6 Å². The summed E-state index contributed by atoms with van der Waals surface area (Å²) in [6.45, 7) is 1.67. The Kier molecular flexibility index (Phi) is 6.37. The molecule has 1 amide bonds. The summed E-state index contributed by atoms with van der Waals surface area (Å²) in [6, 6.07) is 11.1. The van der Waals surface area contributed by atoms with Crippen molar-refractivity contribution in [3.8, 4) is 0 Å². The van der Waals surface area contributed by atoms with Crippen molar-refractivity contribution < 1.29 is 18.0 Å². The molecule has 4 aromatic rings. The van der Waals surface area contributed by atoms with E-state index in [1.807, 2.05) is 0 Å². The highest BCUT2D eigenvalue weighted by Crippen LogP contribution is 2.34. The number of alkyl halides is 3. The predicted molar refractivity (Wildman–Crippen MR) is 125 cm³/mol. The fourth-order valence-electron chi connectivity index (χ4n) is 4.42. The molecule has 0 saturated carbocycles. The minimum Gasteiger partial charge on any atom is -0.321 e. The molecule has 0 aliphatic carbocycles. The summed E-state index contributed by atoms with van der Waals surface area (Å²) in [6.07, 6.45) is -2.96. The maximum absolute atomic E-state index is 13.4. The van der Waals surface area contributed by atoms with E-state index in [1.165, 1.54) is 18.2 Å². The third kappa shape index (κ3) is 4.26. The van der Waals surface area contributed by atoms with Gasteiger partial charge in [-0.1, -0.05) is 18.2 Å². The average molecular weight is 492 g/mol. The van der Waals surface area contributed by atoms with Gasteiger partial charge in [0.25, 0.3) is 11.5 Å². The van der Waals surface area contributed by atoms with Crippen LogP contribution in [0.4, 0.5) is 18.9 Å². The van der Waals surface area contributed by atoms with Crippen molar-refractivity contribution in [2.24, 2.45) is 0 Å². The van der Waals surface area contributed by atoms with E-state index in [0.717, 1.165) is 43.8 Å². The van der Waals surface area contributed by atoms with Gasteiger partial charge in [0.2, 0.25) is 0 Å². The lowest BCUT2D eigenvalue weighted by atomic mass is 9.94. The van der Waals surface area contributed by atoms with Gasteiger partial charge in [-0.15, -0.1) is 12.4 Å². The second-order valence-corrected chi connectivity index (χ2v) is 8.04. The number of aromatic amines is 1. The quantitative estimate of drug-likeness (QED) is 0.398. The molecule has 3 heterocycles. The lowest BCUT2D eigenvalue weighted by Gasteiger charge is -2.23. The number of benzene rings is 2. The highest BCUT2D eigenvalue weighted by atomic mass is 35.5. The van der Waals surface area contributed by atoms with Gasteiger partial charge in [-0.25, -0.2) is 4.52 Å². The van der Waals surface area contributed by atoms with Crippen molar-refractivity contribution in [2.45, 2.75) is 24.9 Å². The van der Waals surface area contributed by atoms with E-state index in [0.29, 0.717) is 16.6 Å². The fourth-order valence-corrected chi connectivity index (χ4v) is 4.42. The first-order valence-electron chi connectivity index (χ1n) is 10.6. The summed E-state index contributed by atoms with van der Waals surface area (Å²) in [7, 11) is 0. The first-order valence-corrected chi connectivity index (χ1v) is 10.6. The van der Waals surface area contributed by atoms with Crippen LogP contribution in [0.3, 0.4) is 0 Å². The van der Waals surface area contributed by atoms with Crippen LogP contribution in [-0.4, -0.2) is 33.6 Å². The number of hydrogen-bond acceptors (Lipinski definition) is 4. The minimum absolute atomic E-state index is 0. The molecule has 1 fully saturated rings. The Morgan fingerprint density at radius 2 is 1.82 bits per heavy atom. The molecule has 178 valence electrons. The molecule has 1 aliphatic rings. The molecule has 3 N–H and O–H groups in total. The largest absolute Gasteiger partial charge is 0.417 e. The molecule has 5 rings (SSSR count). The van der Waals surface area contributed by atoms with Crippen LogP contribution in [0.1, 0.15) is 40.4 Å². The minimum atomic E-state index is -4.67. The van der Waals surface area contributed by atoms with Crippen LogP contribution in [0.2, 0.25) is 0 Å². The van der Waals surface area contributed by atoms with Gasteiger partial charge in [-0.3, -0.25) is 9.59 Å². The molecular weight excluding hydrogens is 471 g/mol. The Hall–Kier alpha value is -3.37. The van der Waals surface area contributed by atoms with Gasteiger partial charge in [-0.2, -0.15) is 18.3 Å². The van der Waals surface area contributed by atoms with Crippen LogP contribution < -0.4 is 16.2 Å². The number of hydrogen-bond donors (Lipinski definition) is 3. The standard InChI is InChI=1S/C23H20F3N5O2.ClH/c24-23(25,26)15-5-2-1-4-14(15)22(33)28-16-6-3-7-17-20(16)21-29-19(32)12-18(31(21)30-17)13-8-10-27-11-9-13;/h1-7,12-13,27H,8-11H2,(H,28,33)(H,29,32);1H. The van der Waals surface area contributed by atoms with Crippen molar-refractivity contribution in [1.29, 1.82) is 0 Å². The van der Waals surface area contributed by atoms with Crippen LogP contribution in [-0.2, 0) is 6.18 Å². The zero-order chi connectivity index (χ0) is 23.2. The van der Waals surface area contributed by atoms with Crippen molar-refractivity contribution in [3.63, 3.8) is 0 Å². The van der Waals surface area contributed by atoms with Crippen LogP contribution in [0.25, 0.3) is 16.6 Å². The van der Waals surface area contributed by atoms with Crippen LogP contribution >= 0.6 is 12.4 Å². The molecule has 1 aliphatic heterocycles. The van der Waals surface area contributed by atoms with Crippen molar-refractivity contribution in [1.82, 2.24) is 19.9 Å². The first kappa shape index (κ1) is 23.8. The van der Waals surface area contributed by atoms with E-state index in [1.54, 1.807) is 22.7 Å². The molecule has 0 bridgehead atoms. The van der Waals surface area contributed by atoms with Gasteiger partial charge >= 0.3 is 6.18 Å². The monoisotopic (exact) mass is 491 g/mol. The first-order chi connectivity index (χ1) is 15.8. The summed E-state index contributed by atoms with van der Waals surface area (Å²) < 4.78 is 41.8. The molecule has 0 spiro atoms. The summed E-state index contributed by atoms with van der Waals surface area (Å²) in [5.74, 6) is -0.756. The van der Waals surface area contributed by atoms with E-state index in [-0.39, 0.29) is 29.6 Å². The lowest BCUT2D eigenvalue weighted by Crippen LogP contribution is -2.28. The Labute approximate surface area is 197 Å². The molecule has 11 heteroatoms. The van der Waals surface area contributed by atoms with Gasteiger partial charge in [0.1, 0.15) is 5.65 Å². The normalized spacial score (nSPS) is 14.8. The summed E-state index contributed by atoms with van der Waals surface area (Å²) >= 11 is 0. The predicted octanol–water partition coefficient (Wildman–Crippen LogP) is 4.34. The van der Waals surface area contributed by atoms with E-state index in [9.17, 15) is 22.8 Å². The molecule has 1 saturated heterocycles. The topological polar surface area (TPSA) is 91.3 Å². The number of H-pyrrole nitrogens is 1. The number of nitrogens with one attached hydrogen (secondary N) is 3. The molecule has 34 heavy (non-hydrogen) atoms. The second-order valence-electron chi connectivity index (χ2n) is 8.04. The number of piperidine rings is 1. The molecular formula is C23H21ClF3N5O2. The zero-order valence-electron chi connectivity index (χ0n) is 17.8. The second kappa shape index (κ2) is 9.11. The number of rotatable bonds is 3. The van der Waals surface area contributed by atoms with Gasteiger partial charge in [0.15, 0.2) is 0 Å². The SMILES string of the molecule is Cl.O=C(Nc1cccc2nn3c(C4CCNCC4)cc(=O)[nH]c3c12)c1ccccc1C(F)(F)F. The Morgan fingerprint density at radius 1 is 1.09 bits per heavy atom. The van der Waals surface area contributed by atoms with Gasteiger partial charge < -0.3 is 15.6 Å². The Bertz CT molecular complexity index is 1420. The van der Waals surface area contributed by atoms with E-state index >= 15 is 0 Å². The number of aromatic nitrogens is 3. The van der Waals surface area contributed by atoms with Gasteiger partial charge in [-0.05, 0) is 50.2 Å². The van der Waals surface area contributed by atoms with Crippen molar-refractivity contribution in [3.05, 3.63) is 75.7 Å². The van der Waals surface area contributed by atoms with Crippen molar-refractivity contribution in [2.75, 3.05) is 18.4 Å². The average Bonchev–Trinajstić information content (AvgIpc) is 3.18. The molecule has 0 unspecified atom stereocenters. The van der Waals surface area contributed by atoms with Crippen LogP contribution in [0, 0.1) is 0 Å². The number of carbonyl (C=O) groups excluding carboxylic acids is 1. The van der Waals surface area contributed by atoms with Gasteiger partial charge in [0, 0.05) is 12.0 Å². The number of fused-ring (bicyclic) bond motifs is 3. The maximum Gasteiger partial charge on any atom is 0.417 e. The number of amides is 1. The number of carbonyl (C=O) groups is 1. The molecule has 2 aromatic heterocycles. The number of nitrogens with zero attached hydrogens (tertiary/aromatic N) is 2. The highest BCUT2D eigenvalue weighted by molar-refractivity contribution is 6.12. The maximum atomic E-state index is 13.4. The third-order valence-electron chi connectivity index (χ3n) is 5.95. The fraction of sp³-hybridized carbons (Fsp3) is 0.261. The summed E-state index contributed by atoms with van der Waals surface area (Å²) in [5.41, 5.74) is 0.133.